The second-order valence-corrected chi connectivity index (χ2v) is 6.07. The number of fused-ring (bicyclic) bond motifs is 1. The van der Waals surface area contributed by atoms with Crippen molar-refractivity contribution in [2.45, 2.75) is 19.3 Å². The van der Waals surface area contributed by atoms with Crippen LogP contribution >= 0.6 is 11.8 Å². The Morgan fingerprint density at radius 2 is 2.26 bits per heavy atom. The van der Waals surface area contributed by atoms with E-state index < -0.39 is 5.97 Å². The summed E-state index contributed by atoms with van der Waals surface area (Å²) in [5, 5.41) is 8.94. The molecule has 1 aliphatic heterocycles. The van der Waals surface area contributed by atoms with E-state index in [9.17, 15) is 4.79 Å². The molecule has 2 aromatic heterocycles. The Hall–Kier alpha value is -1.56. The molecule has 0 saturated carbocycles. The van der Waals surface area contributed by atoms with Crippen molar-refractivity contribution in [2.24, 2.45) is 5.92 Å². The summed E-state index contributed by atoms with van der Waals surface area (Å²) in [6.07, 6.45) is 4.75. The van der Waals surface area contributed by atoms with Crippen molar-refractivity contribution in [1.82, 2.24) is 15.0 Å². The lowest BCUT2D eigenvalue weighted by Crippen LogP contribution is -2.12. The molecule has 6 heteroatoms. The fraction of sp³-hybridized carbons (Fsp3) is 0.462. The van der Waals surface area contributed by atoms with E-state index in [4.69, 9.17) is 5.11 Å². The number of carbonyl (C=O) groups is 1. The van der Waals surface area contributed by atoms with Crippen molar-refractivity contribution in [3.8, 4) is 0 Å². The molecular formula is C13H15N3O2S. The van der Waals surface area contributed by atoms with Gasteiger partial charge in [-0.2, -0.15) is 11.8 Å². The van der Waals surface area contributed by atoms with Crippen LogP contribution in [0, 0.1) is 5.92 Å². The molecule has 0 spiro atoms. The third-order valence-corrected chi connectivity index (χ3v) is 4.51. The third-order valence-electron chi connectivity index (χ3n) is 3.46. The number of imidazole rings is 1. The zero-order valence-electron chi connectivity index (χ0n) is 10.4. The summed E-state index contributed by atoms with van der Waals surface area (Å²) >= 11 is 2.01. The van der Waals surface area contributed by atoms with E-state index in [1.165, 1.54) is 30.5 Å². The Bertz CT molecular complexity index is 605. The highest BCUT2D eigenvalue weighted by atomic mass is 32.2. The molecule has 0 amide bonds. The van der Waals surface area contributed by atoms with Gasteiger partial charge in [-0.05, 0) is 36.3 Å². The largest absolute Gasteiger partial charge is 0.478 e. The number of nitrogens with zero attached hydrogens (tertiary/aromatic N) is 2. The fourth-order valence-electron chi connectivity index (χ4n) is 2.39. The normalized spacial score (nSPS) is 16.8. The molecule has 0 atom stereocenters. The highest BCUT2D eigenvalue weighted by Crippen LogP contribution is 2.25. The molecule has 2 N–H and O–H groups in total. The number of nitrogens with one attached hydrogen (secondary N) is 1. The van der Waals surface area contributed by atoms with Crippen LogP contribution in [0.15, 0.2) is 12.3 Å². The summed E-state index contributed by atoms with van der Waals surface area (Å²) in [6.45, 7) is 0. The van der Waals surface area contributed by atoms with Crippen LogP contribution in [0.1, 0.15) is 29.0 Å². The van der Waals surface area contributed by atoms with Gasteiger partial charge in [-0.15, -0.1) is 0 Å². The highest BCUT2D eigenvalue weighted by Gasteiger charge is 2.16. The van der Waals surface area contributed by atoms with Crippen molar-refractivity contribution >= 4 is 28.9 Å². The topological polar surface area (TPSA) is 78.9 Å². The molecule has 3 heterocycles. The molecule has 1 fully saturated rings. The zero-order chi connectivity index (χ0) is 13.2. The number of carboxylic acid groups (broad SMARTS) is 1. The van der Waals surface area contributed by atoms with Gasteiger partial charge in [0, 0.05) is 12.6 Å². The first-order valence-electron chi connectivity index (χ1n) is 6.38. The van der Waals surface area contributed by atoms with Gasteiger partial charge < -0.3 is 10.1 Å². The van der Waals surface area contributed by atoms with Crippen molar-refractivity contribution in [1.29, 1.82) is 0 Å². The van der Waals surface area contributed by atoms with Gasteiger partial charge in [0.05, 0.1) is 11.1 Å². The number of pyridine rings is 1. The number of aromatic nitrogens is 3. The van der Waals surface area contributed by atoms with Gasteiger partial charge in [-0.25, -0.2) is 14.8 Å². The summed E-state index contributed by atoms with van der Waals surface area (Å²) in [5.74, 6) is 3.09. The monoisotopic (exact) mass is 277 g/mol. The summed E-state index contributed by atoms with van der Waals surface area (Å²) in [4.78, 5) is 22.6. The van der Waals surface area contributed by atoms with Gasteiger partial charge in [-0.1, -0.05) is 0 Å². The lowest BCUT2D eigenvalue weighted by molar-refractivity contribution is 0.0696. The van der Waals surface area contributed by atoms with Crippen LogP contribution in [0.25, 0.3) is 11.2 Å². The Balaban J connectivity index is 1.82. The number of H-pyrrole nitrogens is 1. The zero-order valence-corrected chi connectivity index (χ0v) is 11.2. The van der Waals surface area contributed by atoms with Gasteiger partial charge in [0.1, 0.15) is 5.82 Å². The molecule has 0 aliphatic carbocycles. The van der Waals surface area contributed by atoms with Gasteiger partial charge >= 0.3 is 5.97 Å². The van der Waals surface area contributed by atoms with E-state index in [1.807, 2.05) is 11.8 Å². The van der Waals surface area contributed by atoms with E-state index in [0.29, 0.717) is 17.1 Å². The molecule has 1 aliphatic rings. The van der Waals surface area contributed by atoms with Crippen LogP contribution in [-0.2, 0) is 6.42 Å². The SMILES string of the molecule is O=C(O)c1cnc2nc(CC3CCSCC3)[nH]c2c1. The fourth-order valence-corrected chi connectivity index (χ4v) is 3.59. The second kappa shape index (κ2) is 5.21. The van der Waals surface area contributed by atoms with Crippen LogP contribution in [0.3, 0.4) is 0 Å². The maximum absolute atomic E-state index is 10.9. The summed E-state index contributed by atoms with van der Waals surface area (Å²) in [6, 6.07) is 1.60. The van der Waals surface area contributed by atoms with Crippen LogP contribution < -0.4 is 0 Å². The first-order chi connectivity index (χ1) is 9.22. The average Bonchev–Trinajstić information content (AvgIpc) is 2.80. The van der Waals surface area contributed by atoms with Crippen LogP contribution in [0.4, 0.5) is 0 Å². The number of hydrogen-bond acceptors (Lipinski definition) is 4. The van der Waals surface area contributed by atoms with Gasteiger partial charge in [0.15, 0.2) is 5.65 Å². The first kappa shape index (κ1) is 12.5. The summed E-state index contributed by atoms with van der Waals surface area (Å²) in [7, 11) is 0. The smallest absolute Gasteiger partial charge is 0.337 e. The maximum Gasteiger partial charge on any atom is 0.337 e. The van der Waals surface area contributed by atoms with Crippen LogP contribution in [0.5, 0.6) is 0 Å². The minimum Gasteiger partial charge on any atom is -0.478 e. The van der Waals surface area contributed by atoms with Crippen molar-refractivity contribution in [3.63, 3.8) is 0 Å². The van der Waals surface area contributed by atoms with Crippen molar-refractivity contribution in [3.05, 3.63) is 23.7 Å². The number of thioether (sulfide) groups is 1. The number of aromatic amines is 1. The standard InChI is InChI=1S/C13H15N3O2S/c17-13(18)9-6-10-12(14-7-9)16-11(15-10)5-8-1-3-19-4-2-8/h6-8H,1-5H2,(H,17,18)(H,14,15,16). The molecule has 0 aromatic carbocycles. The van der Waals surface area contributed by atoms with Gasteiger partial charge in [0.25, 0.3) is 0 Å². The lowest BCUT2D eigenvalue weighted by Gasteiger charge is -2.19. The molecule has 0 radical (unpaired) electrons. The average molecular weight is 277 g/mol. The van der Waals surface area contributed by atoms with Gasteiger partial charge in [0.2, 0.25) is 0 Å². The van der Waals surface area contributed by atoms with E-state index in [1.54, 1.807) is 6.07 Å². The van der Waals surface area contributed by atoms with Crippen molar-refractivity contribution in [2.75, 3.05) is 11.5 Å². The van der Waals surface area contributed by atoms with Crippen LogP contribution in [0.2, 0.25) is 0 Å². The quantitative estimate of drug-likeness (QED) is 0.900. The highest BCUT2D eigenvalue weighted by molar-refractivity contribution is 7.99. The molecule has 100 valence electrons. The molecular weight excluding hydrogens is 262 g/mol. The second-order valence-electron chi connectivity index (χ2n) is 4.84. The molecule has 2 aromatic rings. The Kier molecular flexibility index (Phi) is 3.42. The first-order valence-corrected chi connectivity index (χ1v) is 7.53. The predicted octanol–water partition coefficient (Wildman–Crippen LogP) is 2.34. The summed E-state index contributed by atoms with van der Waals surface area (Å²) in [5.41, 5.74) is 1.50. The molecule has 1 saturated heterocycles. The van der Waals surface area contributed by atoms with E-state index in [-0.39, 0.29) is 5.56 Å². The number of rotatable bonds is 3. The Labute approximate surface area is 114 Å². The Morgan fingerprint density at radius 3 is 3.00 bits per heavy atom. The van der Waals surface area contributed by atoms with Gasteiger partial charge in [-0.3, -0.25) is 0 Å². The third kappa shape index (κ3) is 2.73. The minimum atomic E-state index is -0.963. The molecule has 3 rings (SSSR count). The molecule has 5 nitrogen and oxygen atoms in total. The Morgan fingerprint density at radius 1 is 1.47 bits per heavy atom. The molecule has 0 bridgehead atoms. The number of carboxylic acids is 1. The van der Waals surface area contributed by atoms with Crippen LogP contribution in [-0.4, -0.2) is 37.5 Å². The number of aromatic carboxylic acids is 1. The predicted molar refractivity (Wildman–Crippen MR) is 74.6 cm³/mol. The number of hydrogen-bond donors (Lipinski definition) is 2. The lowest BCUT2D eigenvalue weighted by atomic mass is 9.99. The van der Waals surface area contributed by atoms with Crippen molar-refractivity contribution < 1.29 is 9.90 Å². The minimum absolute atomic E-state index is 0.191. The van der Waals surface area contributed by atoms with E-state index in [2.05, 4.69) is 15.0 Å². The van der Waals surface area contributed by atoms with E-state index in [0.717, 1.165) is 12.2 Å². The summed E-state index contributed by atoms with van der Waals surface area (Å²) < 4.78 is 0. The molecule has 0 unspecified atom stereocenters. The molecule has 19 heavy (non-hydrogen) atoms. The van der Waals surface area contributed by atoms with E-state index >= 15 is 0 Å². The maximum atomic E-state index is 10.9.